The molecule has 6 heteroatoms. The molecule has 1 saturated carbocycles. The van der Waals surface area contributed by atoms with Crippen LogP contribution in [0, 0.1) is 6.92 Å². The van der Waals surface area contributed by atoms with Gasteiger partial charge < -0.3 is 19.9 Å². The number of H-pyrrole nitrogens is 1. The molecule has 2 heterocycles. The van der Waals surface area contributed by atoms with Gasteiger partial charge in [0.1, 0.15) is 6.10 Å². The number of nitrogens with one attached hydrogen (secondary N) is 2. The van der Waals surface area contributed by atoms with Crippen LogP contribution >= 0.6 is 0 Å². The molecule has 2 unspecified atom stereocenters. The van der Waals surface area contributed by atoms with Gasteiger partial charge in [-0.15, -0.1) is 0 Å². The number of ether oxygens (including phenoxy) is 1. The van der Waals surface area contributed by atoms with Crippen molar-refractivity contribution in [2.75, 3.05) is 6.54 Å². The summed E-state index contributed by atoms with van der Waals surface area (Å²) in [5.74, 6) is 0.203. The summed E-state index contributed by atoms with van der Waals surface area (Å²) in [7, 11) is 0. The minimum atomic E-state index is -0.113. The molecule has 6 rings (SSSR count). The second-order valence-corrected chi connectivity index (χ2v) is 10.9. The highest BCUT2D eigenvalue weighted by atomic mass is 16.5. The quantitative estimate of drug-likeness (QED) is 0.280. The third kappa shape index (κ3) is 5.53. The van der Waals surface area contributed by atoms with Crippen molar-refractivity contribution in [3.63, 3.8) is 0 Å². The van der Waals surface area contributed by atoms with Gasteiger partial charge in [-0.3, -0.25) is 9.59 Å². The van der Waals surface area contributed by atoms with Crippen LogP contribution in [0.3, 0.4) is 0 Å². The Balaban J connectivity index is 1.12. The number of hydrogen-bond acceptors (Lipinski definition) is 3. The van der Waals surface area contributed by atoms with Crippen LogP contribution in [0.15, 0.2) is 84.8 Å². The van der Waals surface area contributed by atoms with Crippen LogP contribution in [0.5, 0.6) is 0 Å². The fourth-order valence-electron chi connectivity index (χ4n) is 6.00. The number of amides is 2. The number of aryl methyl sites for hydroxylation is 1. The number of benzene rings is 3. The minimum Gasteiger partial charge on any atom is -0.482 e. The standard InChI is InChI=1S/C34H35N3O3/c1-23-7-6-8-25(19-23)22-37-30-11-4-5-12-31(30)40-32(34(37)39)20-24-13-15-26(16-14-24)33(38)35-18-17-27-21-36-29-10-3-2-9-28(27)29/h2-3,6-10,13-16,19-21,30-31,36H,4-5,11-12,17-18,22H2,1H3,(H,35,38)/b32-20+. The van der Waals surface area contributed by atoms with Gasteiger partial charge in [0.25, 0.3) is 11.8 Å². The summed E-state index contributed by atoms with van der Waals surface area (Å²) < 4.78 is 6.28. The first kappa shape index (κ1) is 25.9. The molecule has 2 atom stereocenters. The van der Waals surface area contributed by atoms with Crippen LogP contribution in [0.2, 0.25) is 0 Å². The van der Waals surface area contributed by atoms with E-state index < -0.39 is 0 Å². The zero-order valence-electron chi connectivity index (χ0n) is 22.9. The SMILES string of the molecule is Cc1cccc(CN2C(=O)/C(=C\c3ccc(C(=O)NCCc4c[nH]c5ccccc45)cc3)OC3CCCCC32)c1. The van der Waals surface area contributed by atoms with Crippen LogP contribution in [0.1, 0.15) is 58.3 Å². The molecule has 1 saturated heterocycles. The highest BCUT2D eigenvalue weighted by Gasteiger charge is 2.41. The van der Waals surface area contributed by atoms with E-state index in [4.69, 9.17) is 4.74 Å². The number of nitrogens with zero attached hydrogens (tertiary/aromatic N) is 1. The number of aromatic amines is 1. The van der Waals surface area contributed by atoms with Gasteiger partial charge >= 0.3 is 0 Å². The molecule has 3 aromatic carbocycles. The Hall–Kier alpha value is -4.32. The molecule has 204 valence electrons. The average molecular weight is 534 g/mol. The number of carbonyl (C=O) groups is 2. The van der Waals surface area contributed by atoms with Gasteiger partial charge in [0.05, 0.1) is 6.04 Å². The van der Waals surface area contributed by atoms with E-state index in [9.17, 15) is 9.59 Å². The zero-order valence-corrected chi connectivity index (χ0v) is 22.9. The molecule has 2 amide bonds. The highest BCUT2D eigenvalue weighted by molar-refractivity contribution is 5.97. The van der Waals surface area contributed by atoms with Gasteiger partial charge in [-0.05, 0) is 73.6 Å². The number of carbonyl (C=O) groups excluding carboxylic acids is 2. The van der Waals surface area contributed by atoms with E-state index in [2.05, 4.69) is 47.6 Å². The summed E-state index contributed by atoms with van der Waals surface area (Å²) in [6.45, 7) is 3.21. The number of morpholine rings is 1. The Labute approximate surface area is 235 Å². The molecule has 6 nitrogen and oxygen atoms in total. The summed E-state index contributed by atoms with van der Waals surface area (Å²) in [4.78, 5) is 31.7. The van der Waals surface area contributed by atoms with Crippen LogP contribution < -0.4 is 5.32 Å². The van der Waals surface area contributed by atoms with Crippen molar-refractivity contribution >= 4 is 28.8 Å². The Morgan fingerprint density at radius 1 is 1.05 bits per heavy atom. The summed E-state index contributed by atoms with van der Waals surface area (Å²) in [6.07, 6.45) is 8.75. The Morgan fingerprint density at radius 3 is 2.73 bits per heavy atom. The largest absolute Gasteiger partial charge is 0.482 e. The first-order valence-electron chi connectivity index (χ1n) is 14.2. The molecule has 1 aliphatic heterocycles. The lowest BCUT2D eigenvalue weighted by atomic mass is 9.89. The van der Waals surface area contributed by atoms with Gasteiger partial charge in [-0.25, -0.2) is 0 Å². The van der Waals surface area contributed by atoms with E-state index in [1.54, 1.807) is 12.1 Å². The maximum absolute atomic E-state index is 13.6. The number of aromatic nitrogens is 1. The van der Waals surface area contributed by atoms with Crippen molar-refractivity contribution in [2.45, 2.75) is 57.7 Å². The molecule has 1 aromatic heterocycles. The van der Waals surface area contributed by atoms with Gasteiger partial charge in [0.15, 0.2) is 5.76 Å². The topological polar surface area (TPSA) is 74.4 Å². The number of rotatable bonds is 7. The Morgan fingerprint density at radius 2 is 1.88 bits per heavy atom. The fraction of sp³-hybridized carbons (Fsp3) is 0.294. The van der Waals surface area contributed by atoms with Crippen molar-refractivity contribution in [1.29, 1.82) is 0 Å². The first-order chi connectivity index (χ1) is 19.5. The summed E-state index contributed by atoms with van der Waals surface area (Å²) in [6, 6.07) is 24.0. The van der Waals surface area contributed by atoms with E-state index in [0.717, 1.165) is 48.7 Å². The molecule has 0 spiro atoms. The van der Waals surface area contributed by atoms with E-state index >= 15 is 0 Å². The van der Waals surface area contributed by atoms with Gasteiger partial charge in [-0.1, -0.05) is 66.6 Å². The number of para-hydroxylation sites is 1. The third-order valence-electron chi connectivity index (χ3n) is 8.08. The number of fused-ring (bicyclic) bond motifs is 2. The molecule has 0 bridgehead atoms. The molecule has 1 aliphatic carbocycles. The summed E-state index contributed by atoms with van der Waals surface area (Å²) in [5, 5.41) is 4.21. The lowest BCUT2D eigenvalue weighted by Gasteiger charge is -2.44. The maximum Gasteiger partial charge on any atom is 0.289 e. The van der Waals surface area contributed by atoms with Crippen molar-refractivity contribution in [2.24, 2.45) is 0 Å². The Bertz CT molecular complexity index is 1550. The summed E-state index contributed by atoms with van der Waals surface area (Å²) >= 11 is 0. The van der Waals surface area contributed by atoms with E-state index in [0.29, 0.717) is 24.4 Å². The van der Waals surface area contributed by atoms with Crippen LogP contribution in [0.25, 0.3) is 17.0 Å². The van der Waals surface area contributed by atoms with E-state index in [1.807, 2.05) is 47.5 Å². The Kier molecular flexibility index (Phi) is 7.41. The average Bonchev–Trinajstić information content (AvgIpc) is 3.38. The predicted molar refractivity (Wildman–Crippen MR) is 158 cm³/mol. The second kappa shape index (κ2) is 11.4. The lowest BCUT2D eigenvalue weighted by Crippen LogP contribution is -2.54. The zero-order chi connectivity index (χ0) is 27.5. The van der Waals surface area contributed by atoms with Crippen molar-refractivity contribution in [1.82, 2.24) is 15.2 Å². The molecule has 40 heavy (non-hydrogen) atoms. The lowest BCUT2D eigenvalue weighted by molar-refractivity contribution is -0.149. The van der Waals surface area contributed by atoms with Gasteiger partial charge in [-0.2, -0.15) is 0 Å². The fourth-order valence-corrected chi connectivity index (χ4v) is 6.00. The smallest absolute Gasteiger partial charge is 0.289 e. The normalized spacial score (nSPS) is 19.9. The molecule has 2 fully saturated rings. The van der Waals surface area contributed by atoms with Crippen molar-refractivity contribution in [3.05, 3.63) is 113 Å². The van der Waals surface area contributed by atoms with Crippen LogP contribution in [-0.4, -0.2) is 40.4 Å². The molecule has 2 aliphatic rings. The van der Waals surface area contributed by atoms with Gasteiger partial charge in [0, 0.05) is 35.8 Å². The first-order valence-corrected chi connectivity index (χ1v) is 14.2. The highest BCUT2D eigenvalue weighted by Crippen LogP contribution is 2.34. The molecular formula is C34H35N3O3. The predicted octanol–water partition coefficient (Wildman–Crippen LogP) is 6.16. The van der Waals surface area contributed by atoms with E-state index in [-0.39, 0.29) is 24.0 Å². The maximum atomic E-state index is 13.6. The van der Waals surface area contributed by atoms with Crippen molar-refractivity contribution < 1.29 is 14.3 Å². The number of hydrogen-bond donors (Lipinski definition) is 2. The minimum absolute atomic E-state index is 0.0182. The molecular weight excluding hydrogens is 498 g/mol. The third-order valence-corrected chi connectivity index (χ3v) is 8.08. The molecule has 2 N–H and O–H groups in total. The molecule has 4 aromatic rings. The summed E-state index contributed by atoms with van der Waals surface area (Å²) in [5.41, 5.74) is 6.04. The van der Waals surface area contributed by atoms with Crippen molar-refractivity contribution in [3.8, 4) is 0 Å². The van der Waals surface area contributed by atoms with Crippen LogP contribution in [-0.2, 0) is 22.5 Å². The van der Waals surface area contributed by atoms with Gasteiger partial charge in [0.2, 0.25) is 0 Å². The van der Waals surface area contributed by atoms with E-state index in [1.165, 1.54) is 16.5 Å². The second-order valence-electron chi connectivity index (χ2n) is 10.9. The van der Waals surface area contributed by atoms with Crippen LogP contribution in [0.4, 0.5) is 0 Å². The monoisotopic (exact) mass is 533 g/mol. The molecule has 0 radical (unpaired) electrons.